The largest absolute Gasteiger partial charge is 0.469 e. The van der Waals surface area contributed by atoms with Crippen LogP contribution in [-0.2, 0) is 18.6 Å². The van der Waals surface area contributed by atoms with E-state index in [1.54, 1.807) is 0 Å². The van der Waals surface area contributed by atoms with E-state index in [9.17, 15) is 4.57 Å². The molecule has 0 heterocycles. The molecular weight excluding hydrogens is 211 g/mol. The highest BCUT2D eigenvalue weighted by atomic mass is 31.2. The summed E-state index contributed by atoms with van der Waals surface area (Å²) in [5, 5.41) is 0. The van der Waals surface area contributed by atoms with Gasteiger partial charge in [0.1, 0.15) is 0 Å². The van der Waals surface area contributed by atoms with Crippen LogP contribution in [0.15, 0.2) is 0 Å². The van der Waals surface area contributed by atoms with E-state index in [0.29, 0.717) is 19.8 Å². The lowest BCUT2D eigenvalue weighted by atomic mass is 10.4. The summed E-state index contributed by atoms with van der Waals surface area (Å²) < 4.78 is 24.8. The van der Waals surface area contributed by atoms with Crippen molar-refractivity contribution in [2.24, 2.45) is 0 Å². The van der Waals surface area contributed by atoms with Gasteiger partial charge in [0.05, 0.1) is 25.9 Å². The smallest absolute Gasteiger partial charge is 0.379 e. The van der Waals surface area contributed by atoms with Gasteiger partial charge in [-0.2, -0.15) is 0 Å². The zero-order valence-corrected chi connectivity index (χ0v) is 9.27. The van der Waals surface area contributed by atoms with Crippen molar-refractivity contribution in [2.75, 3.05) is 26.4 Å². The molecule has 0 aliphatic carbocycles. The van der Waals surface area contributed by atoms with Crippen molar-refractivity contribution in [1.29, 1.82) is 0 Å². The van der Waals surface area contributed by atoms with E-state index in [1.807, 2.05) is 6.92 Å². The Hall–Kier alpha value is 0.0300. The molecule has 0 saturated heterocycles. The predicted molar refractivity (Wildman–Crippen MR) is 49.9 cm³/mol. The Labute approximate surface area is 83.4 Å². The minimum Gasteiger partial charge on any atom is -0.379 e. The van der Waals surface area contributed by atoms with E-state index in [2.05, 4.69) is 4.52 Å². The van der Waals surface area contributed by atoms with Crippen LogP contribution in [0.4, 0.5) is 0 Å². The fourth-order valence-electron chi connectivity index (χ4n) is 0.776. The summed E-state index contributed by atoms with van der Waals surface area (Å²) in [6.45, 7) is 5.02. The molecule has 0 aromatic rings. The molecule has 0 amide bonds. The van der Waals surface area contributed by atoms with Crippen LogP contribution in [0.1, 0.15) is 13.8 Å². The van der Waals surface area contributed by atoms with Gasteiger partial charge < -0.3 is 19.3 Å². The number of ether oxygens (including phenoxy) is 2. The van der Waals surface area contributed by atoms with Gasteiger partial charge in [0, 0.05) is 6.61 Å². The summed E-state index contributed by atoms with van der Waals surface area (Å²) in [4.78, 5) is 16.9. The van der Waals surface area contributed by atoms with Gasteiger partial charge in [-0.3, -0.25) is 4.52 Å². The molecule has 0 rings (SSSR count). The van der Waals surface area contributed by atoms with Gasteiger partial charge in [0.25, 0.3) is 0 Å². The molecule has 0 spiro atoms. The lowest BCUT2D eigenvalue weighted by Gasteiger charge is -2.13. The maximum Gasteiger partial charge on any atom is 0.469 e. The van der Waals surface area contributed by atoms with E-state index in [1.165, 1.54) is 6.92 Å². The zero-order valence-electron chi connectivity index (χ0n) is 8.38. The third-order valence-electron chi connectivity index (χ3n) is 1.25. The van der Waals surface area contributed by atoms with E-state index >= 15 is 0 Å². The van der Waals surface area contributed by atoms with E-state index in [-0.39, 0.29) is 6.61 Å². The molecule has 0 saturated carbocycles. The van der Waals surface area contributed by atoms with Gasteiger partial charge in [0.15, 0.2) is 0 Å². The fourth-order valence-corrected chi connectivity index (χ4v) is 1.31. The van der Waals surface area contributed by atoms with Crippen LogP contribution >= 0.6 is 7.82 Å². The normalized spacial score (nSPS) is 14.3. The highest BCUT2D eigenvalue weighted by Gasteiger charge is 2.18. The number of rotatable bonds is 8. The molecular formula is C7H17O6P. The minimum absolute atomic E-state index is 0.137. The summed E-state index contributed by atoms with van der Waals surface area (Å²) in [5.74, 6) is 0. The summed E-state index contributed by atoms with van der Waals surface area (Å²) in [7, 11) is -4.39. The van der Waals surface area contributed by atoms with Gasteiger partial charge in [-0.1, -0.05) is 0 Å². The minimum atomic E-state index is -4.39. The van der Waals surface area contributed by atoms with Crippen molar-refractivity contribution >= 4 is 7.82 Å². The number of hydrogen-bond acceptors (Lipinski definition) is 4. The first-order chi connectivity index (χ1) is 6.45. The summed E-state index contributed by atoms with van der Waals surface area (Å²) >= 11 is 0. The summed E-state index contributed by atoms with van der Waals surface area (Å²) in [5.41, 5.74) is 0. The third-order valence-corrected chi connectivity index (χ3v) is 1.88. The SMILES string of the molecule is CCOCCOCC(C)OP(=O)(O)O. The van der Waals surface area contributed by atoms with Gasteiger partial charge in [0.2, 0.25) is 0 Å². The molecule has 0 aromatic carbocycles. The standard InChI is InChI=1S/C7H17O6P/c1-3-11-4-5-12-6-7(2)13-14(8,9)10/h7H,3-6H2,1-2H3,(H2,8,9,10). The molecule has 6 nitrogen and oxygen atoms in total. The molecule has 0 fully saturated rings. The number of phosphoric ester groups is 1. The Bertz CT molecular complexity index is 179. The van der Waals surface area contributed by atoms with Crippen LogP contribution in [0, 0.1) is 0 Å². The van der Waals surface area contributed by atoms with E-state index < -0.39 is 13.9 Å². The second-order valence-electron chi connectivity index (χ2n) is 2.68. The first-order valence-corrected chi connectivity index (χ1v) is 5.88. The Morgan fingerprint density at radius 2 is 1.86 bits per heavy atom. The molecule has 0 aliphatic rings. The molecule has 1 unspecified atom stereocenters. The van der Waals surface area contributed by atoms with Crippen molar-refractivity contribution in [3.63, 3.8) is 0 Å². The molecule has 2 N–H and O–H groups in total. The van der Waals surface area contributed by atoms with Gasteiger partial charge in [-0.05, 0) is 13.8 Å². The third kappa shape index (κ3) is 10.1. The first-order valence-electron chi connectivity index (χ1n) is 4.35. The number of hydrogen-bond donors (Lipinski definition) is 2. The van der Waals surface area contributed by atoms with Crippen molar-refractivity contribution in [1.82, 2.24) is 0 Å². The topological polar surface area (TPSA) is 85.2 Å². The van der Waals surface area contributed by atoms with Crippen molar-refractivity contribution in [3.8, 4) is 0 Å². The molecule has 0 aliphatic heterocycles. The van der Waals surface area contributed by atoms with Crippen LogP contribution in [0.5, 0.6) is 0 Å². The second kappa shape index (κ2) is 7.34. The molecule has 0 radical (unpaired) electrons. The van der Waals surface area contributed by atoms with Crippen molar-refractivity contribution < 1.29 is 28.3 Å². The monoisotopic (exact) mass is 228 g/mol. The summed E-state index contributed by atoms with van der Waals surface area (Å²) in [6, 6.07) is 0. The maximum atomic E-state index is 10.4. The average molecular weight is 228 g/mol. The number of phosphoric acid groups is 1. The van der Waals surface area contributed by atoms with E-state index in [4.69, 9.17) is 19.3 Å². The fraction of sp³-hybridized carbons (Fsp3) is 1.00. The highest BCUT2D eigenvalue weighted by molar-refractivity contribution is 7.46. The maximum absolute atomic E-state index is 10.4. The molecule has 7 heteroatoms. The van der Waals surface area contributed by atoms with Gasteiger partial charge >= 0.3 is 7.82 Å². The Morgan fingerprint density at radius 3 is 2.36 bits per heavy atom. The first kappa shape index (κ1) is 14.0. The van der Waals surface area contributed by atoms with Crippen molar-refractivity contribution in [3.05, 3.63) is 0 Å². The Kier molecular flexibility index (Phi) is 7.35. The van der Waals surface area contributed by atoms with Gasteiger partial charge in [-0.15, -0.1) is 0 Å². The van der Waals surface area contributed by atoms with Crippen LogP contribution < -0.4 is 0 Å². The van der Waals surface area contributed by atoms with Crippen LogP contribution in [-0.4, -0.2) is 42.3 Å². The lowest BCUT2D eigenvalue weighted by molar-refractivity contribution is 0.0112. The van der Waals surface area contributed by atoms with Gasteiger partial charge in [-0.25, -0.2) is 4.57 Å². The van der Waals surface area contributed by atoms with Crippen molar-refractivity contribution in [2.45, 2.75) is 20.0 Å². The Balaban J connectivity index is 3.36. The molecule has 1 atom stereocenters. The lowest BCUT2D eigenvalue weighted by Crippen LogP contribution is -2.16. The second-order valence-corrected chi connectivity index (χ2v) is 3.87. The van der Waals surface area contributed by atoms with Crippen LogP contribution in [0.3, 0.4) is 0 Å². The predicted octanol–water partition coefficient (Wildman–Crippen LogP) is 0.537. The molecule has 0 bridgehead atoms. The quantitative estimate of drug-likeness (QED) is 0.465. The molecule has 0 aromatic heterocycles. The summed E-state index contributed by atoms with van der Waals surface area (Å²) in [6.07, 6.45) is -0.627. The zero-order chi connectivity index (χ0) is 11.0. The molecule has 86 valence electrons. The van der Waals surface area contributed by atoms with Crippen LogP contribution in [0.25, 0.3) is 0 Å². The molecule has 14 heavy (non-hydrogen) atoms. The van der Waals surface area contributed by atoms with Crippen LogP contribution in [0.2, 0.25) is 0 Å². The highest BCUT2D eigenvalue weighted by Crippen LogP contribution is 2.37. The Morgan fingerprint density at radius 1 is 1.29 bits per heavy atom. The average Bonchev–Trinajstić information content (AvgIpc) is 2.00. The van der Waals surface area contributed by atoms with E-state index in [0.717, 1.165) is 0 Å².